The van der Waals surface area contributed by atoms with E-state index in [2.05, 4.69) is 15.3 Å². The highest BCUT2D eigenvalue weighted by molar-refractivity contribution is 7.20. The number of hydrogen-bond donors (Lipinski definition) is 3. The molecule has 0 fully saturated rings. The molecule has 0 spiro atoms. The van der Waals surface area contributed by atoms with Crippen molar-refractivity contribution in [1.82, 2.24) is 15.3 Å². The number of aromatic nitrogens is 2. The molecule has 0 saturated heterocycles. The molecule has 26 heavy (non-hydrogen) atoms. The number of carbonyl (C=O) groups is 2. The number of amides is 1. The number of fused-ring (bicyclic) bond motifs is 2. The number of benzene rings is 2. The Labute approximate surface area is 152 Å². The lowest BCUT2D eigenvalue weighted by atomic mass is 10.2. The van der Waals surface area contributed by atoms with Crippen molar-refractivity contribution in [3.8, 4) is 0 Å². The van der Waals surface area contributed by atoms with E-state index < -0.39 is 17.9 Å². The van der Waals surface area contributed by atoms with Gasteiger partial charge >= 0.3 is 5.97 Å². The summed E-state index contributed by atoms with van der Waals surface area (Å²) in [5.74, 6) is -0.968. The number of nitrogens with zero attached hydrogens (tertiary/aromatic N) is 1. The second-order valence-electron chi connectivity index (χ2n) is 5.92. The maximum atomic E-state index is 12.5. The van der Waals surface area contributed by atoms with Crippen molar-refractivity contribution in [3.05, 3.63) is 65.3 Å². The predicted molar refractivity (Wildman–Crippen MR) is 101 cm³/mol. The number of rotatable bonds is 5. The van der Waals surface area contributed by atoms with Crippen molar-refractivity contribution < 1.29 is 14.7 Å². The summed E-state index contributed by atoms with van der Waals surface area (Å²) in [4.78, 5) is 32.1. The number of carboxylic acids is 1. The molecule has 0 saturated carbocycles. The van der Waals surface area contributed by atoms with E-state index in [-0.39, 0.29) is 6.42 Å². The van der Waals surface area contributed by atoms with E-state index in [1.165, 1.54) is 11.3 Å². The van der Waals surface area contributed by atoms with Gasteiger partial charge in [-0.15, -0.1) is 11.3 Å². The summed E-state index contributed by atoms with van der Waals surface area (Å²) >= 11 is 1.34. The summed E-state index contributed by atoms with van der Waals surface area (Å²) < 4.78 is 0.988. The lowest BCUT2D eigenvalue weighted by molar-refractivity contribution is -0.139. The van der Waals surface area contributed by atoms with Gasteiger partial charge in [0.15, 0.2) is 0 Å². The zero-order chi connectivity index (χ0) is 18.1. The number of aromatic amines is 1. The summed E-state index contributed by atoms with van der Waals surface area (Å²) in [5, 5.41) is 13.1. The van der Waals surface area contributed by atoms with Gasteiger partial charge in [-0.2, -0.15) is 0 Å². The highest BCUT2D eigenvalue weighted by atomic mass is 32.1. The molecule has 0 aliphatic carbocycles. The minimum atomic E-state index is -1.10. The Morgan fingerprint density at radius 1 is 1.15 bits per heavy atom. The number of aliphatic carboxylic acids is 1. The molecule has 1 atom stereocenters. The molecule has 6 nitrogen and oxygen atoms in total. The first-order chi connectivity index (χ1) is 12.6. The molecule has 7 heteroatoms. The van der Waals surface area contributed by atoms with Crippen molar-refractivity contribution >= 4 is 44.3 Å². The second-order valence-corrected chi connectivity index (χ2v) is 7.00. The summed E-state index contributed by atoms with van der Waals surface area (Å²) in [6.45, 7) is 0. The Balaban J connectivity index is 1.54. The number of H-pyrrole nitrogens is 1. The van der Waals surface area contributed by atoms with E-state index in [1.807, 2.05) is 48.5 Å². The Morgan fingerprint density at radius 2 is 1.92 bits per heavy atom. The van der Waals surface area contributed by atoms with Gasteiger partial charge in [0.05, 0.1) is 15.9 Å². The first-order valence-electron chi connectivity index (χ1n) is 8.06. The lowest BCUT2D eigenvalue weighted by Gasteiger charge is -2.12. The zero-order valence-electron chi connectivity index (χ0n) is 13.6. The van der Waals surface area contributed by atoms with E-state index in [4.69, 9.17) is 0 Å². The molecule has 0 unspecified atom stereocenters. The summed E-state index contributed by atoms with van der Waals surface area (Å²) in [6, 6.07) is 15.8. The van der Waals surface area contributed by atoms with Gasteiger partial charge in [0, 0.05) is 11.1 Å². The van der Waals surface area contributed by atoms with E-state index in [9.17, 15) is 14.7 Å². The van der Waals surface area contributed by atoms with Crippen LogP contribution in [0.3, 0.4) is 0 Å². The molecule has 130 valence electrons. The van der Waals surface area contributed by atoms with Gasteiger partial charge in [-0.05, 0) is 29.7 Å². The first-order valence-corrected chi connectivity index (χ1v) is 8.88. The van der Waals surface area contributed by atoms with E-state index >= 15 is 0 Å². The zero-order valence-corrected chi connectivity index (χ0v) is 14.4. The number of carbonyl (C=O) groups excluding carboxylic acids is 1. The molecule has 0 aliphatic rings. The van der Waals surface area contributed by atoms with Crippen LogP contribution in [0.15, 0.2) is 54.6 Å². The Hall–Kier alpha value is -3.19. The molecule has 0 radical (unpaired) electrons. The summed E-state index contributed by atoms with van der Waals surface area (Å²) in [5.41, 5.74) is 1.60. The van der Waals surface area contributed by atoms with Gasteiger partial charge in [0.1, 0.15) is 11.9 Å². The molecule has 1 amide bonds. The third-order valence-corrected chi connectivity index (χ3v) is 5.20. The number of hydrogen-bond acceptors (Lipinski definition) is 4. The fourth-order valence-corrected chi connectivity index (χ4v) is 3.78. The Bertz CT molecular complexity index is 1050. The Morgan fingerprint density at radius 3 is 2.69 bits per heavy atom. The quantitative estimate of drug-likeness (QED) is 0.506. The van der Waals surface area contributed by atoms with Gasteiger partial charge in [-0.3, -0.25) is 4.79 Å². The number of nitrogens with one attached hydrogen (secondary N) is 2. The fourth-order valence-electron chi connectivity index (χ4n) is 2.82. The first kappa shape index (κ1) is 16.3. The highest BCUT2D eigenvalue weighted by Gasteiger charge is 2.23. The third-order valence-electron chi connectivity index (χ3n) is 4.09. The number of thiophene rings is 1. The fraction of sp³-hybridized carbons (Fsp3) is 0.105. The molecule has 4 rings (SSSR count). The molecule has 3 N–H and O–H groups in total. The number of para-hydroxylation sites is 2. The molecule has 2 aromatic heterocycles. The second kappa shape index (κ2) is 6.61. The largest absolute Gasteiger partial charge is 0.480 e. The molecule has 4 aromatic rings. The molecular weight excluding hydrogens is 350 g/mol. The monoisotopic (exact) mass is 365 g/mol. The third kappa shape index (κ3) is 3.16. The topological polar surface area (TPSA) is 95.1 Å². The highest BCUT2D eigenvalue weighted by Crippen LogP contribution is 2.25. The molecular formula is C19H15N3O3S. The molecule has 2 heterocycles. The predicted octanol–water partition coefficient (Wildman–Crippen LogP) is 3.20. The van der Waals surface area contributed by atoms with E-state index in [0.717, 1.165) is 21.1 Å². The molecule has 2 aromatic carbocycles. The number of imidazole rings is 1. The Kier molecular flexibility index (Phi) is 4.14. The van der Waals surface area contributed by atoms with Crippen LogP contribution in [0.4, 0.5) is 0 Å². The van der Waals surface area contributed by atoms with Crippen LogP contribution in [0, 0.1) is 0 Å². The van der Waals surface area contributed by atoms with Gasteiger partial charge < -0.3 is 15.4 Å². The van der Waals surface area contributed by atoms with Gasteiger partial charge in [-0.1, -0.05) is 30.3 Å². The van der Waals surface area contributed by atoms with Crippen molar-refractivity contribution in [3.63, 3.8) is 0 Å². The normalized spacial score (nSPS) is 12.3. The van der Waals surface area contributed by atoms with Crippen LogP contribution in [0.25, 0.3) is 21.1 Å². The van der Waals surface area contributed by atoms with E-state index in [1.54, 1.807) is 6.07 Å². The standard InChI is InChI=1S/C19H15N3O3S/c23-18(16-9-11-5-1-4-8-15(11)26-16)22-14(19(24)25)10-17-20-12-6-2-3-7-13(12)21-17/h1-9,14H,10H2,(H,20,21)(H,22,23)(H,24,25)/t14-/m1/s1. The van der Waals surface area contributed by atoms with Gasteiger partial charge in [0.25, 0.3) is 5.91 Å². The molecule has 0 aliphatic heterocycles. The maximum absolute atomic E-state index is 12.5. The van der Waals surface area contributed by atoms with Crippen LogP contribution in [0.2, 0.25) is 0 Å². The maximum Gasteiger partial charge on any atom is 0.326 e. The minimum absolute atomic E-state index is 0.0840. The smallest absolute Gasteiger partial charge is 0.326 e. The SMILES string of the molecule is O=C(N[C@H](Cc1nc2ccccc2[nH]1)C(=O)O)c1cc2ccccc2s1. The van der Waals surface area contributed by atoms with Crippen molar-refractivity contribution in [2.75, 3.05) is 0 Å². The summed E-state index contributed by atoms with van der Waals surface area (Å²) in [7, 11) is 0. The van der Waals surface area contributed by atoms with Crippen LogP contribution >= 0.6 is 11.3 Å². The summed E-state index contributed by atoms with van der Waals surface area (Å²) in [6.07, 6.45) is 0.0840. The number of carboxylic acid groups (broad SMARTS) is 1. The van der Waals surface area contributed by atoms with Crippen LogP contribution in [-0.2, 0) is 11.2 Å². The minimum Gasteiger partial charge on any atom is -0.480 e. The van der Waals surface area contributed by atoms with Crippen LogP contribution in [0.1, 0.15) is 15.5 Å². The van der Waals surface area contributed by atoms with Crippen molar-refractivity contribution in [2.24, 2.45) is 0 Å². The van der Waals surface area contributed by atoms with Gasteiger partial charge in [-0.25, -0.2) is 9.78 Å². The van der Waals surface area contributed by atoms with Gasteiger partial charge in [0.2, 0.25) is 0 Å². The average molecular weight is 365 g/mol. The van der Waals surface area contributed by atoms with Crippen LogP contribution < -0.4 is 5.32 Å². The van der Waals surface area contributed by atoms with E-state index in [0.29, 0.717) is 10.7 Å². The average Bonchev–Trinajstić information content (AvgIpc) is 3.24. The lowest BCUT2D eigenvalue weighted by Crippen LogP contribution is -2.42. The van der Waals surface area contributed by atoms with Crippen molar-refractivity contribution in [2.45, 2.75) is 12.5 Å². The van der Waals surface area contributed by atoms with Crippen LogP contribution in [-0.4, -0.2) is 33.0 Å². The molecule has 0 bridgehead atoms. The van der Waals surface area contributed by atoms with Crippen molar-refractivity contribution in [1.29, 1.82) is 0 Å². The van der Waals surface area contributed by atoms with Crippen LogP contribution in [0.5, 0.6) is 0 Å².